The second-order valence-corrected chi connectivity index (χ2v) is 15.0. The van der Waals surface area contributed by atoms with Gasteiger partial charge in [-0.3, -0.25) is 0 Å². The van der Waals surface area contributed by atoms with Crippen molar-refractivity contribution >= 4 is 16.3 Å². The van der Waals surface area contributed by atoms with E-state index < -0.39 is 28.0 Å². The first-order valence-corrected chi connectivity index (χ1v) is 18.5. The molecule has 6 nitrogen and oxygen atoms in total. The summed E-state index contributed by atoms with van der Waals surface area (Å²) >= 11 is 0. The van der Waals surface area contributed by atoms with Crippen LogP contribution in [-0.4, -0.2) is 77.4 Å². The number of rotatable bonds is 17. The van der Waals surface area contributed by atoms with Crippen molar-refractivity contribution in [1.82, 2.24) is 0 Å². The van der Waals surface area contributed by atoms with E-state index in [1.54, 1.807) is 0 Å². The summed E-state index contributed by atoms with van der Waals surface area (Å²) in [4.78, 5) is 2.48. The molecule has 0 amide bonds. The lowest BCUT2D eigenvalue weighted by Crippen LogP contribution is -2.48. The molecule has 0 radical (unpaired) electrons. The number of anilines is 1. The maximum atomic E-state index is 14.1. The molecule has 2 aromatic rings. The van der Waals surface area contributed by atoms with E-state index in [9.17, 15) is 14.2 Å². The Morgan fingerprint density at radius 1 is 0.907 bits per heavy atom. The van der Waals surface area contributed by atoms with Crippen molar-refractivity contribution in [2.45, 2.75) is 103 Å². The van der Waals surface area contributed by atoms with Crippen LogP contribution in [0.25, 0.3) is 0 Å². The number of ether oxygens (including phenoxy) is 1. The smallest absolute Gasteiger partial charge is 0.119 e. The molecule has 7 heteroatoms. The monoisotopic (exact) mass is 616 g/mol. The van der Waals surface area contributed by atoms with Gasteiger partial charge < -0.3 is 38.9 Å². The van der Waals surface area contributed by atoms with Gasteiger partial charge in [-0.2, -0.15) is 0 Å². The van der Waals surface area contributed by atoms with E-state index in [1.807, 2.05) is 49.3 Å². The number of aliphatic hydroxyl groups is 1. The molecule has 2 aromatic carbocycles. The normalized spacial score (nSPS) is 23.2. The lowest BCUT2D eigenvalue weighted by Gasteiger charge is -2.52. The number of benzene rings is 2. The van der Waals surface area contributed by atoms with E-state index in [0.29, 0.717) is 11.5 Å². The molecule has 1 heterocycles. The molecule has 3 atom stereocenters. The first kappa shape index (κ1) is 35.7. The predicted molar refractivity (Wildman–Crippen MR) is 182 cm³/mol. The number of aliphatic hydroxyl groups excluding tert-OH is 1. The topological polar surface area (TPSA) is 76.0 Å². The average molecular weight is 617 g/mol. The summed E-state index contributed by atoms with van der Waals surface area (Å²) in [5.41, 5.74) is 2.04. The van der Waals surface area contributed by atoms with E-state index in [1.165, 1.54) is 26.2 Å². The van der Waals surface area contributed by atoms with E-state index >= 15 is 0 Å². The number of fused-ring (bicyclic) bond motifs is 1. The average Bonchev–Trinajstić information content (AvgIpc) is 3.07. The zero-order valence-electron chi connectivity index (χ0n) is 28.1. The van der Waals surface area contributed by atoms with Crippen LogP contribution in [0.3, 0.4) is 0 Å². The molecule has 1 aliphatic heterocycles. The molecule has 3 unspecified atom stereocenters. The predicted octanol–water partition coefficient (Wildman–Crippen LogP) is 8.43. The highest BCUT2D eigenvalue weighted by molar-refractivity contribution is 8.24. The number of hydrogen-bond donors (Lipinski definition) is 2. The second-order valence-electron chi connectivity index (χ2n) is 13.0. The molecule has 0 fully saturated rings. The summed E-state index contributed by atoms with van der Waals surface area (Å²) in [6.07, 6.45) is 6.67. The Labute approximate surface area is 264 Å². The minimum atomic E-state index is -3.36. The van der Waals surface area contributed by atoms with Crippen molar-refractivity contribution in [1.29, 1.82) is 0 Å². The van der Waals surface area contributed by atoms with Gasteiger partial charge in [0.1, 0.15) is 5.75 Å². The molecule has 0 spiro atoms. The van der Waals surface area contributed by atoms with E-state index in [0.717, 1.165) is 78.4 Å². The summed E-state index contributed by atoms with van der Waals surface area (Å²) < 4.78 is 33.1. The van der Waals surface area contributed by atoms with Crippen LogP contribution in [0.1, 0.15) is 103 Å². The lowest BCUT2D eigenvalue weighted by molar-refractivity contribution is -0.923. The fraction of sp³-hybridized carbons (Fsp3) is 0.667. The van der Waals surface area contributed by atoms with Gasteiger partial charge in [-0.1, -0.05) is 51.7 Å². The van der Waals surface area contributed by atoms with Crippen LogP contribution in [-0.2, 0) is 0 Å². The van der Waals surface area contributed by atoms with Crippen molar-refractivity contribution in [3.05, 3.63) is 53.6 Å². The van der Waals surface area contributed by atoms with Crippen molar-refractivity contribution in [2.24, 2.45) is 5.41 Å². The molecule has 1 aliphatic rings. The first-order chi connectivity index (χ1) is 20.5. The largest absolute Gasteiger partial charge is 0.764 e. The number of nitrogens with zero attached hydrogens (tertiary/aromatic N) is 2. The molecule has 244 valence electrons. The first-order valence-electron chi connectivity index (χ1n) is 16.8. The van der Waals surface area contributed by atoms with Crippen molar-refractivity contribution < 1.29 is 23.4 Å². The summed E-state index contributed by atoms with van der Waals surface area (Å²) in [7, 11) is 0.594. The van der Waals surface area contributed by atoms with E-state index in [-0.39, 0.29) is 5.75 Å². The van der Waals surface area contributed by atoms with Crippen molar-refractivity contribution in [2.75, 3.05) is 57.5 Å². The molecular weight excluding hydrogens is 556 g/mol. The van der Waals surface area contributed by atoms with Crippen LogP contribution in [0.15, 0.2) is 47.4 Å². The molecule has 0 aliphatic carbocycles. The minimum absolute atomic E-state index is 0.0985. The number of quaternary nitrogens is 1. The third-order valence-electron chi connectivity index (χ3n) is 10.2. The fourth-order valence-corrected chi connectivity index (χ4v) is 9.29. The molecule has 43 heavy (non-hydrogen) atoms. The summed E-state index contributed by atoms with van der Waals surface area (Å²) in [5.74, 6) is 0.517. The van der Waals surface area contributed by atoms with E-state index in [2.05, 4.69) is 46.8 Å². The highest BCUT2D eigenvalue weighted by atomic mass is 32.3. The number of unbranched alkanes of at least 4 members (excludes halogenated alkanes) is 3. The third kappa shape index (κ3) is 8.49. The Morgan fingerprint density at radius 3 is 2.05 bits per heavy atom. The van der Waals surface area contributed by atoms with Gasteiger partial charge in [0.15, 0.2) is 0 Å². The van der Waals surface area contributed by atoms with Gasteiger partial charge in [0, 0.05) is 41.8 Å². The van der Waals surface area contributed by atoms with Crippen molar-refractivity contribution in [3.63, 3.8) is 0 Å². The molecular formula is C36H60N2O4S. The highest BCUT2D eigenvalue weighted by Gasteiger charge is 2.47. The SMILES string of the molecule is CCCCC1(CCCC)CS([O-])(O)c2ccc(N(C)C)cc2C(c2ccc(OCCCC[N+](CC)(CC)CC)cc2)C1O. The van der Waals surface area contributed by atoms with Crippen LogP contribution < -0.4 is 9.64 Å². The van der Waals surface area contributed by atoms with Crippen LogP contribution in [0.2, 0.25) is 0 Å². The van der Waals surface area contributed by atoms with Gasteiger partial charge in [-0.05, 0) is 87.9 Å². The summed E-state index contributed by atoms with van der Waals surface area (Å²) in [6.45, 7) is 16.5. The molecule has 0 saturated heterocycles. The quantitative estimate of drug-likeness (QED) is 0.138. The maximum Gasteiger partial charge on any atom is 0.119 e. The molecule has 0 aromatic heterocycles. The summed E-state index contributed by atoms with van der Waals surface area (Å²) in [5, 5.41) is 12.4. The standard InChI is InChI=1S/C36H60N2O4S/c1-8-13-23-36(24-14-9-2)28-43(40,41)33-22-19-30(37(6)7)27-32(33)34(35(36)39)29-17-20-31(21-18-29)42-26-16-15-25-38(10-3,11-4)12-5/h17-22,27,34-35,39H,8-16,23-26,28H2,1-7H3,(H-,40,41). The van der Waals surface area contributed by atoms with Crippen LogP contribution in [0, 0.1) is 5.41 Å². The zero-order valence-corrected chi connectivity index (χ0v) is 28.9. The Hall–Kier alpha value is -1.77. The van der Waals surface area contributed by atoms with Gasteiger partial charge in [0.25, 0.3) is 0 Å². The highest BCUT2D eigenvalue weighted by Crippen LogP contribution is 2.62. The molecule has 3 rings (SSSR count). The zero-order chi connectivity index (χ0) is 31.7. The van der Waals surface area contributed by atoms with Gasteiger partial charge in [-0.15, -0.1) is 0 Å². The van der Waals surface area contributed by atoms with Gasteiger partial charge >= 0.3 is 0 Å². The van der Waals surface area contributed by atoms with Crippen molar-refractivity contribution in [3.8, 4) is 5.75 Å². The molecule has 2 N–H and O–H groups in total. The van der Waals surface area contributed by atoms with Crippen LogP contribution in [0.5, 0.6) is 5.75 Å². The van der Waals surface area contributed by atoms with Crippen LogP contribution >= 0.6 is 10.6 Å². The molecule has 0 saturated carbocycles. The second kappa shape index (κ2) is 16.0. The van der Waals surface area contributed by atoms with Gasteiger partial charge in [0.05, 0.1) is 38.9 Å². The Morgan fingerprint density at radius 2 is 1.51 bits per heavy atom. The maximum absolute atomic E-state index is 14.1. The Bertz CT molecular complexity index is 1100. The lowest BCUT2D eigenvalue weighted by atomic mass is 9.68. The fourth-order valence-electron chi connectivity index (χ4n) is 7.06. The van der Waals surface area contributed by atoms with Crippen LogP contribution in [0.4, 0.5) is 5.69 Å². The molecule has 0 bridgehead atoms. The minimum Gasteiger partial charge on any atom is -0.764 e. The van der Waals surface area contributed by atoms with Gasteiger partial charge in [-0.25, -0.2) is 0 Å². The third-order valence-corrected chi connectivity index (χ3v) is 12.2. The van der Waals surface area contributed by atoms with Gasteiger partial charge in [0.2, 0.25) is 0 Å². The Kier molecular flexibility index (Phi) is 13.3. The summed E-state index contributed by atoms with van der Waals surface area (Å²) in [6, 6.07) is 13.9. The number of hydrogen-bond acceptors (Lipinski definition) is 5. The Balaban J connectivity index is 1.93. The van der Waals surface area contributed by atoms with E-state index in [4.69, 9.17) is 4.74 Å².